The van der Waals surface area contributed by atoms with Crippen molar-refractivity contribution in [2.75, 3.05) is 7.11 Å². The van der Waals surface area contributed by atoms with Gasteiger partial charge in [0.1, 0.15) is 0 Å². The Bertz CT molecular complexity index is 335. The van der Waals surface area contributed by atoms with E-state index in [2.05, 4.69) is 15.9 Å². The van der Waals surface area contributed by atoms with Crippen LogP contribution in [-0.4, -0.2) is 24.3 Å². The van der Waals surface area contributed by atoms with Gasteiger partial charge in [-0.3, -0.25) is 0 Å². The molecule has 14 heavy (non-hydrogen) atoms. The Kier molecular flexibility index (Phi) is 4.10. The van der Waals surface area contributed by atoms with Crippen LogP contribution in [-0.2, 0) is 16.0 Å². The van der Waals surface area contributed by atoms with Crippen molar-refractivity contribution >= 4 is 33.2 Å². The standard InChI is InChI=1S/C9H11BrO3S/c1-5-4-14-7(8(5)10)3-6(13-2)9(11)12/h4,6H,3H2,1-2H3,(H,11,12). The van der Waals surface area contributed by atoms with Crippen LogP contribution in [0.1, 0.15) is 10.4 Å². The molecule has 0 aliphatic carbocycles. The maximum atomic E-state index is 10.7. The van der Waals surface area contributed by atoms with Crippen LogP contribution in [0.2, 0.25) is 0 Å². The first-order chi connectivity index (χ1) is 6.56. The molecule has 0 spiro atoms. The molecule has 1 rings (SSSR count). The number of aliphatic carboxylic acids is 1. The molecule has 0 saturated heterocycles. The van der Waals surface area contributed by atoms with Crippen molar-refractivity contribution < 1.29 is 14.6 Å². The summed E-state index contributed by atoms with van der Waals surface area (Å²) in [4.78, 5) is 11.7. The van der Waals surface area contributed by atoms with Crippen LogP contribution in [0.4, 0.5) is 0 Å². The van der Waals surface area contributed by atoms with E-state index < -0.39 is 12.1 Å². The van der Waals surface area contributed by atoms with Gasteiger partial charge >= 0.3 is 5.97 Å². The Labute approximate surface area is 94.8 Å². The summed E-state index contributed by atoms with van der Waals surface area (Å²) in [7, 11) is 1.41. The summed E-state index contributed by atoms with van der Waals surface area (Å²) in [5.41, 5.74) is 1.13. The minimum Gasteiger partial charge on any atom is -0.479 e. The Morgan fingerprint density at radius 1 is 1.79 bits per heavy atom. The molecule has 3 nitrogen and oxygen atoms in total. The highest BCUT2D eigenvalue weighted by Crippen LogP contribution is 2.29. The number of ether oxygens (including phenoxy) is 1. The molecule has 1 aromatic heterocycles. The van der Waals surface area contributed by atoms with E-state index in [0.29, 0.717) is 6.42 Å². The number of thiophene rings is 1. The van der Waals surface area contributed by atoms with Crippen LogP contribution in [0.15, 0.2) is 9.85 Å². The monoisotopic (exact) mass is 278 g/mol. The van der Waals surface area contributed by atoms with Gasteiger partial charge in [-0.15, -0.1) is 11.3 Å². The van der Waals surface area contributed by atoms with E-state index in [1.165, 1.54) is 7.11 Å². The lowest BCUT2D eigenvalue weighted by atomic mass is 10.2. The van der Waals surface area contributed by atoms with E-state index in [-0.39, 0.29) is 0 Å². The molecule has 0 amide bonds. The third-order valence-corrected chi connectivity index (χ3v) is 4.39. The van der Waals surface area contributed by atoms with E-state index in [0.717, 1.165) is 14.9 Å². The smallest absolute Gasteiger partial charge is 0.333 e. The van der Waals surface area contributed by atoms with Crippen molar-refractivity contribution in [3.8, 4) is 0 Å². The second-order valence-corrected chi connectivity index (χ2v) is 4.68. The van der Waals surface area contributed by atoms with Gasteiger partial charge in [0.25, 0.3) is 0 Å². The van der Waals surface area contributed by atoms with Gasteiger partial charge in [-0.2, -0.15) is 0 Å². The zero-order valence-corrected chi connectivity index (χ0v) is 10.3. The SMILES string of the molecule is COC(Cc1scc(C)c1Br)C(=O)O. The molecule has 1 aromatic rings. The fraction of sp³-hybridized carbons (Fsp3) is 0.444. The topological polar surface area (TPSA) is 46.5 Å². The van der Waals surface area contributed by atoms with E-state index in [1.807, 2.05) is 12.3 Å². The van der Waals surface area contributed by atoms with Crippen molar-refractivity contribution in [3.05, 3.63) is 20.3 Å². The lowest BCUT2D eigenvalue weighted by Crippen LogP contribution is -2.24. The summed E-state index contributed by atoms with van der Waals surface area (Å²) < 4.78 is 5.86. The van der Waals surface area contributed by atoms with Gasteiger partial charge in [-0.1, -0.05) is 0 Å². The average Bonchev–Trinajstić information content (AvgIpc) is 2.44. The van der Waals surface area contributed by atoms with Crippen LogP contribution in [0.3, 0.4) is 0 Å². The third kappa shape index (κ3) is 2.56. The van der Waals surface area contributed by atoms with Gasteiger partial charge in [-0.25, -0.2) is 4.79 Å². The van der Waals surface area contributed by atoms with Gasteiger partial charge in [0.15, 0.2) is 6.10 Å². The first-order valence-corrected chi connectivity index (χ1v) is 5.71. The second-order valence-electron chi connectivity index (χ2n) is 2.92. The molecule has 0 aliphatic rings. The summed E-state index contributed by atoms with van der Waals surface area (Å²) >= 11 is 4.97. The molecule has 5 heteroatoms. The van der Waals surface area contributed by atoms with Gasteiger partial charge in [0, 0.05) is 22.9 Å². The molecule has 0 saturated carbocycles. The van der Waals surface area contributed by atoms with Gasteiger partial charge in [-0.05, 0) is 33.8 Å². The number of hydrogen-bond acceptors (Lipinski definition) is 3. The predicted molar refractivity (Wildman–Crippen MR) is 58.9 cm³/mol. The number of carbonyl (C=O) groups is 1. The number of rotatable bonds is 4. The molecule has 0 radical (unpaired) electrons. The van der Waals surface area contributed by atoms with Crippen molar-refractivity contribution in [1.82, 2.24) is 0 Å². The summed E-state index contributed by atoms with van der Waals surface area (Å²) in [6.45, 7) is 1.98. The number of carboxylic acids is 1. The number of carboxylic acid groups (broad SMARTS) is 1. The van der Waals surface area contributed by atoms with Crippen LogP contribution in [0.25, 0.3) is 0 Å². The molecular formula is C9H11BrO3S. The normalized spacial score (nSPS) is 12.8. The molecule has 78 valence electrons. The first-order valence-electron chi connectivity index (χ1n) is 4.04. The third-order valence-electron chi connectivity index (χ3n) is 1.90. The molecule has 0 aromatic carbocycles. The number of halogens is 1. The van der Waals surface area contributed by atoms with E-state index in [1.54, 1.807) is 11.3 Å². The number of methoxy groups -OCH3 is 1. The van der Waals surface area contributed by atoms with Gasteiger partial charge in [0.2, 0.25) is 0 Å². The van der Waals surface area contributed by atoms with Crippen molar-refractivity contribution in [3.63, 3.8) is 0 Å². The van der Waals surface area contributed by atoms with Gasteiger partial charge < -0.3 is 9.84 Å². The minimum absolute atomic E-state index is 0.408. The largest absolute Gasteiger partial charge is 0.479 e. The number of hydrogen-bond donors (Lipinski definition) is 1. The van der Waals surface area contributed by atoms with Gasteiger partial charge in [0.05, 0.1) is 0 Å². The summed E-state index contributed by atoms with van der Waals surface area (Å²) in [5.74, 6) is -0.926. The fourth-order valence-corrected chi connectivity index (χ4v) is 2.72. The van der Waals surface area contributed by atoms with Crippen LogP contribution >= 0.6 is 27.3 Å². The zero-order valence-electron chi connectivity index (χ0n) is 7.91. The highest BCUT2D eigenvalue weighted by Gasteiger charge is 2.19. The second kappa shape index (κ2) is 4.91. The van der Waals surface area contributed by atoms with Crippen molar-refractivity contribution in [2.45, 2.75) is 19.4 Å². The molecule has 0 fully saturated rings. The molecule has 1 atom stereocenters. The predicted octanol–water partition coefficient (Wildman–Crippen LogP) is 2.46. The molecule has 1 heterocycles. The van der Waals surface area contributed by atoms with Crippen LogP contribution < -0.4 is 0 Å². The Morgan fingerprint density at radius 2 is 2.43 bits per heavy atom. The lowest BCUT2D eigenvalue weighted by molar-refractivity contribution is -0.148. The van der Waals surface area contributed by atoms with E-state index >= 15 is 0 Å². The first kappa shape index (κ1) is 11.7. The van der Waals surface area contributed by atoms with Crippen LogP contribution in [0, 0.1) is 6.92 Å². The van der Waals surface area contributed by atoms with Crippen LogP contribution in [0.5, 0.6) is 0 Å². The summed E-state index contributed by atoms with van der Waals surface area (Å²) in [6, 6.07) is 0. The zero-order chi connectivity index (χ0) is 10.7. The molecule has 1 unspecified atom stereocenters. The van der Waals surface area contributed by atoms with Crippen molar-refractivity contribution in [1.29, 1.82) is 0 Å². The quantitative estimate of drug-likeness (QED) is 0.921. The number of aryl methyl sites for hydroxylation is 1. The highest BCUT2D eigenvalue weighted by atomic mass is 79.9. The maximum absolute atomic E-state index is 10.7. The van der Waals surface area contributed by atoms with Crippen molar-refractivity contribution in [2.24, 2.45) is 0 Å². The Hall–Kier alpha value is -0.390. The summed E-state index contributed by atoms with van der Waals surface area (Å²) in [6.07, 6.45) is -0.352. The average molecular weight is 279 g/mol. The molecule has 0 aliphatic heterocycles. The summed E-state index contributed by atoms with van der Waals surface area (Å²) in [5, 5.41) is 10.8. The fourth-order valence-electron chi connectivity index (χ4n) is 1.06. The minimum atomic E-state index is -0.926. The van der Waals surface area contributed by atoms with E-state index in [9.17, 15) is 4.79 Å². The highest BCUT2D eigenvalue weighted by molar-refractivity contribution is 9.10. The molecule has 1 N–H and O–H groups in total. The Morgan fingerprint density at radius 3 is 2.79 bits per heavy atom. The maximum Gasteiger partial charge on any atom is 0.333 e. The molecular weight excluding hydrogens is 268 g/mol. The lowest BCUT2D eigenvalue weighted by Gasteiger charge is -2.08. The molecule has 0 bridgehead atoms. The Balaban J connectivity index is 2.77. The van der Waals surface area contributed by atoms with E-state index in [4.69, 9.17) is 9.84 Å².